The first kappa shape index (κ1) is 14.7. The Kier molecular flexibility index (Phi) is 4.48. The Hall–Kier alpha value is -2.21. The highest BCUT2D eigenvalue weighted by Gasteiger charge is 2.16. The zero-order valence-electron chi connectivity index (χ0n) is 12.2. The van der Waals surface area contributed by atoms with Crippen LogP contribution in [-0.2, 0) is 20.8 Å². The Morgan fingerprint density at radius 2 is 2.23 bits per heavy atom. The molecule has 6 heteroatoms. The molecule has 1 aliphatic heterocycles. The molecule has 22 heavy (non-hydrogen) atoms. The molecule has 116 valence electrons. The highest BCUT2D eigenvalue weighted by Crippen LogP contribution is 2.12. The van der Waals surface area contributed by atoms with E-state index in [0.717, 1.165) is 29.3 Å². The van der Waals surface area contributed by atoms with E-state index in [1.807, 2.05) is 12.1 Å². The number of hydrogen-bond acceptors (Lipinski definition) is 5. The normalized spacial score (nSPS) is 18.3. The maximum atomic E-state index is 12.2. The van der Waals surface area contributed by atoms with E-state index in [0.29, 0.717) is 12.0 Å². The molecular weight excluding hydrogens is 284 g/mol. The third-order valence-electron chi connectivity index (χ3n) is 3.74. The van der Waals surface area contributed by atoms with Gasteiger partial charge in [0.05, 0.1) is 17.7 Å². The van der Waals surface area contributed by atoms with Crippen molar-refractivity contribution in [2.45, 2.75) is 31.9 Å². The molecular formula is C16H18N2O4. The van der Waals surface area contributed by atoms with Gasteiger partial charge in [-0.1, -0.05) is 18.2 Å². The molecule has 1 atom stereocenters. The maximum absolute atomic E-state index is 12.2. The highest BCUT2D eigenvalue weighted by molar-refractivity contribution is 5.80. The predicted molar refractivity (Wildman–Crippen MR) is 80.6 cm³/mol. The SMILES string of the molecule is O=C(Cn1ncc2ccccc2c1=O)OCC1CCCCO1. The number of ether oxygens (including phenoxy) is 2. The number of hydrogen-bond donors (Lipinski definition) is 0. The minimum Gasteiger partial charge on any atom is -0.462 e. The minimum absolute atomic E-state index is 0.0287. The van der Waals surface area contributed by atoms with E-state index in [-0.39, 0.29) is 24.8 Å². The zero-order valence-corrected chi connectivity index (χ0v) is 12.2. The second-order valence-electron chi connectivity index (χ2n) is 5.37. The molecule has 1 fully saturated rings. The lowest BCUT2D eigenvalue weighted by Gasteiger charge is -2.22. The fourth-order valence-corrected chi connectivity index (χ4v) is 2.53. The van der Waals surface area contributed by atoms with Crippen LogP contribution in [0.25, 0.3) is 10.8 Å². The van der Waals surface area contributed by atoms with Gasteiger partial charge in [0.2, 0.25) is 0 Å². The summed E-state index contributed by atoms with van der Waals surface area (Å²) in [6.45, 7) is 0.769. The van der Waals surface area contributed by atoms with Crippen molar-refractivity contribution < 1.29 is 14.3 Å². The summed E-state index contributed by atoms with van der Waals surface area (Å²) in [7, 11) is 0. The van der Waals surface area contributed by atoms with E-state index in [2.05, 4.69) is 5.10 Å². The van der Waals surface area contributed by atoms with Crippen LogP contribution in [0.3, 0.4) is 0 Å². The average molecular weight is 302 g/mol. The van der Waals surface area contributed by atoms with Crippen molar-refractivity contribution in [3.8, 4) is 0 Å². The Balaban J connectivity index is 1.63. The smallest absolute Gasteiger partial charge is 0.328 e. The van der Waals surface area contributed by atoms with Crippen molar-refractivity contribution in [2.75, 3.05) is 13.2 Å². The van der Waals surface area contributed by atoms with Gasteiger partial charge >= 0.3 is 5.97 Å². The summed E-state index contributed by atoms with van der Waals surface area (Å²) in [4.78, 5) is 24.1. The summed E-state index contributed by atoms with van der Waals surface area (Å²) in [5, 5.41) is 5.31. The quantitative estimate of drug-likeness (QED) is 0.801. The van der Waals surface area contributed by atoms with Crippen molar-refractivity contribution in [1.29, 1.82) is 0 Å². The molecule has 0 spiro atoms. The minimum atomic E-state index is -0.473. The van der Waals surface area contributed by atoms with E-state index in [1.54, 1.807) is 18.3 Å². The van der Waals surface area contributed by atoms with E-state index in [9.17, 15) is 9.59 Å². The van der Waals surface area contributed by atoms with E-state index >= 15 is 0 Å². The van der Waals surface area contributed by atoms with Crippen LogP contribution in [0, 0.1) is 0 Å². The van der Waals surface area contributed by atoms with Crippen molar-refractivity contribution in [2.24, 2.45) is 0 Å². The molecule has 1 aromatic carbocycles. The molecule has 1 unspecified atom stereocenters. The summed E-state index contributed by atoms with van der Waals surface area (Å²) in [5.74, 6) is -0.473. The van der Waals surface area contributed by atoms with Gasteiger partial charge in [-0.05, 0) is 25.3 Å². The summed E-state index contributed by atoms with van der Waals surface area (Å²) >= 11 is 0. The van der Waals surface area contributed by atoms with Gasteiger partial charge in [0.25, 0.3) is 5.56 Å². The number of rotatable bonds is 4. The van der Waals surface area contributed by atoms with Gasteiger partial charge in [-0.2, -0.15) is 5.10 Å². The number of carbonyl (C=O) groups is 1. The van der Waals surface area contributed by atoms with Gasteiger partial charge in [0.15, 0.2) is 0 Å². The van der Waals surface area contributed by atoms with E-state index < -0.39 is 5.97 Å². The molecule has 3 rings (SSSR count). The van der Waals surface area contributed by atoms with Crippen LogP contribution < -0.4 is 5.56 Å². The lowest BCUT2D eigenvalue weighted by molar-refractivity contribution is -0.150. The van der Waals surface area contributed by atoms with Crippen molar-refractivity contribution >= 4 is 16.7 Å². The number of carbonyl (C=O) groups excluding carboxylic acids is 1. The predicted octanol–water partition coefficient (Wildman–Crippen LogP) is 1.51. The van der Waals surface area contributed by atoms with Crippen LogP contribution >= 0.6 is 0 Å². The number of nitrogens with zero attached hydrogens (tertiary/aromatic N) is 2. The molecule has 6 nitrogen and oxygen atoms in total. The second-order valence-corrected chi connectivity index (χ2v) is 5.37. The monoisotopic (exact) mass is 302 g/mol. The van der Waals surface area contributed by atoms with Crippen molar-refractivity contribution in [3.63, 3.8) is 0 Å². The number of esters is 1. The van der Waals surface area contributed by atoms with Crippen molar-refractivity contribution in [1.82, 2.24) is 9.78 Å². The van der Waals surface area contributed by atoms with E-state index in [4.69, 9.17) is 9.47 Å². The molecule has 1 saturated heterocycles. The largest absolute Gasteiger partial charge is 0.462 e. The molecule has 0 bridgehead atoms. The third-order valence-corrected chi connectivity index (χ3v) is 3.74. The second kappa shape index (κ2) is 6.70. The Bertz CT molecular complexity index is 719. The summed E-state index contributed by atoms with van der Waals surface area (Å²) in [5.41, 5.74) is -0.288. The Morgan fingerprint density at radius 1 is 1.36 bits per heavy atom. The van der Waals surface area contributed by atoms with Gasteiger partial charge in [-0.3, -0.25) is 9.59 Å². The molecule has 1 aliphatic rings. The summed E-state index contributed by atoms with van der Waals surface area (Å²) in [6, 6.07) is 7.16. The molecule has 1 aromatic heterocycles. The van der Waals surface area contributed by atoms with Crippen LogP contribution in [0.2, 0.25) is 0 Å². The first-order valence-corrected chi connectivity index (χ1v) is 7.46. The van der Waals surface area contributed by atoms with Crippen LogP contribution in [0.1, 0.15) is 19.3 Å². The topological polar surface area (TPSA) is 70.4 Å². The van der Waals surface area contributed by atoms with Gasteiger partial charge in [-0.15, -0.1) is 0 Å². The summed E-state index contributed by atoms with van der Waals surface area (Å²) < 4.78 is 11.8. The zero-order chi connectivity index (χ0) is 15.4. The average Bonchev–Trinajstić information content (AvgIpc) is 2.57. The number of benzene rings is 1. The van der Waals surface area contributed by atoms with Gasteiger partial charge in [0, 0.05) is 12.0 Å². The third kappa shape index (κ3) is 3.33. The lowest BCUT2D eigenvalue weighted by Crippen LogP contribution is -2.30. The summed E-state index contributed by atoms with van der Waals surface area (Å²) in [6.07, 6.45) is 4.60. The molecule has 2 heterocycles. The highest BCUT2D eigenvalue weighted by atomic mass is 16.6. The first-order valence-electron chi connectivity index (χ1n) is 7.46. The molecule has 0 aliphatic carbocycles. The van der Waals surface area contributed by atoms with Crippen LogP contribution in [0.15, 0.2) is 35.3 Å². The Labute approximate surface area is 127 Å². The van der Waals surface area contributed by atoms with Crippen molar-refractivity contribution in [3.05, 3.63) is 40.8 Å². The van der Waals surface area contributed by atoms with Gasteiger partial charge in [-0.25, -0.2) is 4.68 Å². The Morgan fingerprint density at radius 3 is 3.05 bits per heavy atom. The molecule has 0 N–H and O–H groups in total. The molecule has 0 saturated carbocycles. The fraction of sp³-hybridized carbons (Fsp3) is 0.438. The van der Waals surface area contributed by atoms with Crippen LogP contribution in [0.5, 0.6) is 0 Å². The molecule has 2 aromatic rings. The van der Waals surface area contributed by atoms with Gasteiger partial charge in [0.1, 0.15) is 13.2 Å². The molecule has 0 amide bonds. The molecule has 0 radical (unpaired) electrons. The first-order chi connectivity index (χ1) is 10.7. The van der Waals surface area contributed by atoms with Crippen LogP contribution in [0.4, 0.5) is 0 Å². The number of fused-ring (bicyclic) bond motifs is 1. The van der Waals surface area contributed by atoms with E-state index in [1.165, 1.54) is 0 Å². The standard InChI is InChI=1S/C16H18N2O4/c19-15(22-11-13-6-3-4-8-21-13)10-18-16(20)14-7-2-1-5-12(14)9-17-18/h1-2,5,7,9,13H,3-4,6,8,10-11H2. The number of aromatic nitrogens is 2. The lowest BCUT2D eigenvalue weighted by atomic mass is 10.1. The van der Waals surface area contributed by atoms with Gasteiger partial charge < -0.3 is 9.47 Å². The van der Waals surface area contributed by atoms with Crippen LogP contribution in [-0.4, -0.2) is 35.1 Å². The maximum Gasteiger partial charge on any atom is 0.328 e. The fourth-order valence-electron chi connectivity index (χ4n) is 2.53.